The molecular weight excluding hydrogens is 201 g/mol. The van der Waals surface area contributed by atoms with Crippen molar-refractivity contribution in [2.75, 3.05) is 6.54 Å². The van der Waals surface area contributed by atoms with Gasteiger partial charge in [-0.25, -0.2) is 4.39 Å². The van der Waals surface area contributed by atoms with Gasteiger partial charge in [-0.1, -0.05) is 25.1 Å². The Morgan fingerprint density at radius 2 is 2.00 bits per heavy atom. The van der Waals surface area contributed by atoms with Gasteiger partial charge >= 0.3 is 0 Å². The highest BCUT2D eigenvalue weighted by atomic mass is 35.5. The van der Waals surface area contributed by atoms with Crippen LogP contribution in [-0.4, -0.2) is 6.54 Å². The highest BCUT2D eigenvalue weighted by molar-refractivity contribution is 5.85. The van der Waals surface area contributed by atoms with E-state index in [1.807, 2.05) is 12.1 Å². The molecule has 0 aliphatic heterocycles. The molecule has 0 heterocycles. The first-order valence-corrected chi connectivity index (χ1v) is 4.67. The van der Waals surface area contributed by atoms with E-state index in [-0.39, 0.29) is 18.2 Å². The number of halogens is 2. The lowest BCUT2D eigenvalue weighted by Crippen LogP contribution is -2.08. The Kier molecular flexibility index (Phi) is 6.50. The van der Waals surface area contributed by atoms with E-state index >= 15 is 0 Å². The maximum Gasteiger partial charge on any atom is 0.126 e. The van der Waals surface area contributed by atoms with Crippen LogP contribution in [0, 0.1) is 11.7 Å². The molecule has 1 unspecified atom stereocenters. The van der Waals surface area contributed by atoms with Gasteiger partial charge in [-0.2, -0.15) is 0 Å². The molecule has 0 bridgehead atoms. The number of hydrogen-bond acceptors (Lipinski definition) is 1. The van der Waals surface area contributed by atoms with Gasteiger partial charge in [0.2, 0.25) is 0 Å². The van der Waals surface area contributed by atoms with Crippen LogP contribution < -0.4 is 5.73 Å². The van der Waals surface area contributed by atoms with E-state index in [0.29, 0.717) is 12.5 Å². The molecule has 2 N–H and O–H groups in total. The van der Waals surface area contributed by atoms with Crippen LogP contribution in [0.15, 0.2) is 24.3 Å². The Balaban J connectivity index is 0.00000169. The minimum Gasteiger partial charge on any atom is -0.330 e. The second kappa shape index (κ2) is 6.80. The summed E-state index contributed by atoms with van der Waals surface area (Å²) in [7, 11) is 0. The molecule has 1 nitrogen and oxygen atoms in total. The normalized spacial score (nSPS) is 11.9. The van der Waals surface area contributed by atoms with Gasteiger partial charge < -0.3 is 5.73 Å². The van der Waals surface area contributed by atoms with E-state index in [0.717, 1.165) is 18.4 Å². The quantitative estimate of drug-likeness (QED) is 0.825. The SMILES string of the molecule is CC(CCN)Cc1ccccc1F.Cl. The highest BCUT2D eigenvalue weighted by Gasteiger charge is 2.05. The van der Waals surface area contributed by atoms with E-state index in [2.05, 4.69) is 6.92 Å². The monoisotopic (exact) mass is 217 g/mol. The molecule has 0 spiro atoms. The second-order valence-corrected chi connectivity index (χ2v) is 3.48. The van der Waals surface area contributed by atoms with Crippen LogP contribution in [-0.2, 0) is 6.42 Å². The second-order valence-electron chi connectivity index (χ2n) is 3.48. The predicted octanol–water partition coefficient (Wildman–Crippen LogP) is 2.77. The highest BCUT2D eigenvalue weighted by Crippen LogP contribution is 2.14. The fourth-order valence-electron chi connectivity index (χ4n) is 1.43. The Morgan fingerprint density at radius 3 is 2.57 bits per heavy atom. The zero-order valence-electron chi connectivity index (χ0n) is 8.37. The minimum absolute atomic E-state index is 0. The third-order valence-corrected chi connectivity index (χ3v) is 2.19. The van der Waals surface area contributed by atoms with Crippen LogP contribution in [0.3, 0.4) is 0 Å². The molecule has 0 saturated carbocycles. The van der Waals surface area contributed by atoms with Gasteiger partial charge in [-0.15, -0.1) is 12.4 Å². The number of hydrogen-bond donors (Lipinski definition) is 1. The fraction of sp³-hybridized carbons (Fsp3) is 0.455. The predicted molar refractivity (Wildman–Crippen MR) is 60.2 cm³/mol. The van der Waals surface area contributed by atoms with Crippen LogP contribution in [0.5, 0.6) is 0 Å². The van der Waals surface area contributed by atoms with Gasteiger partial charge in [-0.3, -0.25) is 0 Å². The molecule has 80 valence electrons. The van der Waals surface area contributed by atoms with Crippen LogP contribution in [0.25, 0.3) is 0 Å². The summed E-state index contributed by atoms with van der Waals surface area (Å²) < 4.78 is 13.2. The lowest BCUT2D eigenvalue weighted by molar-refractivity contribution is 0.516. The molecular formula is C11H17ClFN. The summed E-state index contributed by atoms with van der Waals surface area (Å²) in [6.45, 7) is 2.77. The van der Waals surface area contributed by atoms with E-state index in [9.17, 15) is 4.39 Å². The molecule has 0 fully saturated rings. The maximum absolute atomic E-state index is 13.2. The third kappa shape index (κ3) is 4.07. The summed E-state index contributed by atoms with van der Waals surface area (Å²) in [6, 6.07) is 6.92. The summed E-state index contributed by atoms with van der Waals surface area (Å²) in [5.41, 5.74) is 6.22. The van der Waals surface area contributed by atoms with Crippen molar-refractivity contribution in [1.82, 2.24) is 0 Å². The van der Waals surface area contributed by atoms with Crippen LogP contribution in [0.2, 0.25) is 0 Å². The molecule has 1 rings (SSSR count). The summed E-state index contributed by atoms with van der Waals surface area (Å²) in [5.74, 6) is 0.355. The molecule has 0 amide bonds. The molecule has 0 aliphatic carbocycles. The first-order valence-electron chi connectivity index (χ1n) is 4.67. The minimum atomic E-state index is -0.105. The topological polar surface area (TPSA) is 26.0 Å². The number of benzene rings is 1. The van der Waals surface area contributed by atoms with Crippen molar-refractivity contribution in [2.24, 2.45) is 11.7 Å². The van der Waals surface area contributed by atoms with Crippen LogP contribution in [0.4, 0.5) is 4.39 Å². The molecule has 1 aromatic carbocycles. The van der Waals surface area contributed by atoms with Crippen molar-refractivity contribution in [3.8, 4) is 0 Å². The third-order valence-electron chi connectivity index (χ3n) is 2.19. The molecule has 0 aromatic heterocycles. The van der Waals surface area contributed by atoms with Crippen LogP contribution >= 0.6 is 12.4 Å². The number of nitrogens with two attached hydrogens (primary N) is 1. The van der Waals surface area contributed by atoms with Crippen molar-refractivity contribution in [3.05, 3.63) is 35.6 Å². The van der Waals surface area contributed by atoms with E-state index in [1.54, 1.807) is 6.07 Å². The first-order chi connectivity index (χ1) is 6.24. The Hall–Kier alpha value is -0.600. The first kappa shape index (κ1) is 13.4. The van der Waals surface area contributed by atoms with E-state index in [4.69, 9.17) is 5.73 Å². The smallest absolute Gasteiger partial charge is 0.126 e. The molecule has 3 heteroatoms. The summed E-state index contributed by atoms with van der Waals surface area (Å²) in [5, 5.41) is 0. The lowest BCUT2D eigenvalue weighted by Gasteiger charge is -2.09. The zero-order chi connectivity index (χ0) is 9.68. The van der Waals surface area contributed by atoms with Gasteiger partial charge in [0.15, 0.2) is 0 Å². The van der Waals surface area contributed by atoms with Crippen molar-refractivity contribution in [3.63, 3.8) is 0 Å². The van der Waals surface area contributed by atoms with Gasteiger partial charge in [-0.05, 0) is 36.9 Å². The van der Waals surface area contributed by atoms with E-state index < -0.39 is 0 Å². The molecule has 0 aliphatic rings. The summed E-state index contributed by atoms with van der Waals surface area (Å²) in [6.07, 6.45) is 1.73. The van der Waals surface area contributed by atoms with Gasteiger partial charge in [0, 0.05) is 0 Å². The summed E-state index contributed by atoms with van der Waals surface area (Å²) >= 11 is 0. The average molecular weight is 218 g/mol. The van der Waals surface area contributed by atoms with E-state index in [1.165, 1.54) is 6.07 Å². The lowest BCUT2D eigenvalue weighted by atomic mass is 9.98. The van der Waals surface area contributed by atoms with Crippen molar-refractivity contribution >= 4 is 12.4 Å². The van der Waals surface area contributed by atoms with Crippen molar-refractivity contribution in [2.45, 2.75) is 19.8 Å². The molecule has 14 heavy (non-hydrogen) atoms. The Labute approximate surface area is 90.9 Å². The zero-order valence-corrected chi connectivity index (χ0v) is 9.19. The van der Waals surface area contributed by atoms with Gasteiger partial charge in [0.25, 0.3) is 0 Å². The van der Waals surface area contributed by atoms with Crippen LogP contribution in [0.1, 0.15) is 18.9 Å². The maximum atomic E-state index is 13.2. The average Bonchev–Trinajstić information content (AvgIpc) is 2.09. The van der Waals surface area contributed by atoms with Gasteiger partial charge in [0.05, 0.1) is 0 Å². The van der Waals surface area contributed by atoms with Crippen molar-refractivity contribution in [1.29, 1.82) is 0 Å². The molecule has 1 aromatic rings. The molecule has 0 saturated heterocycles. The van der Waals surface area contributed by atoms with Gasteiger partial charge in [0.1, 0.15) is 5.82 Å². The molecule has 0 radical (unpaired) electrons. The molecule has 1 atom stereocenters. The van der Waals surface area contributed by atoms with Crippen molar-refractivity contribution < 1.29 is 4.39 Å². The number of rotatable bonds is 4. The fourth-order valence-corrected chi connectivity index (χ4v) is 1.43. The summed E-state index contributed by atoms with van der Waals surface area (Å²) in [4.78, 5) is 0. The largest absolute Gasteiger partial charge is 0.330 e. The Morgan fingerprint density at radius 1 is 1.36 bits per heavy atom. The Bertz CT molecular complexity index is 265. The standard InChI is InChI=1S/C11H16FN.ClH/c1-9(6-7-13)8-10-4-2-3-5-11(10)12;/h2-5,9H,6-8,13H2,1H3;1H.